The molecule has 0 aliphatic rings. The van der Waals surface area contributed by atoms with Crippen LogP contribution in [0.5, 0.6) is 17.4 Å². The van der Waals surface area contributed by atoms with Crippen molar-refractivity contribution in [2.75, 3.05) is 6.61 Å². The summed E-state index contributed by atoms with van der Waals surface area (Å²) in [5, 5.41) is 29.5. The summed E-state index contributed by atoms with van der Waals surface area (Å²) < 4.78 is 7.36. The van der Waals surface area contributed by atoms with Crippen LogP contribution in [0, 0.1) is 0 Å². The zero-order valence-corrected chi connectivity index (χ0v) is 17.0. The molecule has 156 valence electrons. The van der Waals surface area contributed by atoms with Gasteiger partial charge in [-0.05, 0) is 42.5 Å². The number of aromatic hydroxyl groups is 2. The number of amides is 1. The molecule has 4 rings (SSSR count). The van der Waals surface area contributed by atoms with E-state index in [0.29, 0.717) is 29.3 Å². The second kappa shape index (κ2) is 8.89. The van der Waals surface area contributed by atoms with Gasteiger partial charge in [0.2, 0.25) is 5.88 Å². The molecule has 8 heteroatoms. The van der Waals surface area contributed by atoms with E-state index in [2.05, 4.69) is 10.2 Å². The Morgan fingerprint density at radius 2 is 1.68 bits per heavy atom. The molecular formula is C23H18ClN3O4. The molecule has 1 amide bonds. The molecule has 7 nitrogen and oxygen atoms in total. The van der Waals surface area contributed by atoms with Gasteiger partial charge in [-0.3, -0.25) is 4.79 Å². The number of carbonyl (C=O) groups excluding carboxylic acids is 1. The summed E-state index contributed by atoms with van der Waals surface area (Å²) in [5.74, 6) is -0.360. The molecule has 0 fully saturated rings. The first kappa shape index (κ1) is 20.4. The van der Waals surface area contributed by atoms with Crippen molar-refractivity contribution in [2.24, 2.45) is 10.2 Å². The first-order chi connectivity index (χ1) is 15.0. The molecule has 0 radical (unpaired) electrons. The number of azo groups is 1. The fourth-order valence-electron chi connectivity index (χ4n) is 3.19. The third-order valence-electron chi connectivity index (χ3n) is 4.69. The molecule has 0 saturated carbocycles. The number of para-hydroxylation sites is 2. The number of rotatable bonds is 6. The summed E-state index contributed by atoms with van der Waals surface area (Å²) in [6, 6.07) is 20.3. The third kappa shape index (κ3) is 4.36. The number of nitrogens with zero attached hydrogens (tertiary/aromatic N) is 3. The number of hydrogen-bond donors (Lipinski definition) is 2. The lowest BCUT2D eigenvalue weighted by molar-refractivity contribution is 0.0992. The smallest absolute Gasteiger partial charge is 0.299 e. The van der Waals surface area contributed by atoms with Crippen LogP contribution in [0.3, 0.4) is 0 Å². The molecule has 0 saturated heterocycles. The molecule has 0 aliphatic carbocycles. The van der Waals surface area contributed by atoms with Crippen LogP contribution >= 0.6 is 11.6 Å². The van der Waals surface area contributed by atoms with Crippen LogP contribution in [0.4, 0.5) is 5.69 Å². The number of hydrogen-bond acceptors (Lipinski definition) is 5. The first-order valence-electron chi connectivity index (χ1n) is 9.47. The zero-order chi connectivity index (χ0) is 21.8. The molecule has 0 aliphatic heterocycles. The lowest BCUT2D eigenvalue weighted by atomic mass is 10.2. The van der Waals surface area contributed by atoms with E-state index in [1.165, 1.54) is 12.1 Å². The van der Waals surface area contributed by atoms with Gasteiger partial charge >= 0.3 is 0 Å². The topological polar surface area (TPSA) is 96.4 Å². The van der Waals surface area contributed by atoms with Crippen molar-refractivity contribution in [3.63, 3.8) is 0 Å². The highest BCUT2D eigenvalue weighted by atomic mass is 35.5. The second-order valence-electron chi connectivity index (χ2n) is 6.67. The fraction of sp³-hybridized carbons (Fsp3) is 0.0870. The maximum atomic E-state index is 12.3. The van der Waals surface area contributed by atoms with E-state index in [-0.39, 0.29) is 22.9 Å². The van der Waals surface area contributed by atoms with Gasteiger partial charge in [0.05, 0.1) is 17.6 Å². The molecule has 3 aromatic carbocycles. The second-order valence-corrected chi connectivity index (χ2v) is 7.10. The molecule has 0 unspecified atom stereocenters. The number of halogens is 1. The van der Waals surface area contributed by atoms with Gasteiger partial charge in [-0.15, -0.1) is 10.2 Å². The molecule has 0 spiro atoms. The number of benzene rings is 3. The van der Waals surface area contributed by atoms with E-state index in [1.807, 2.05) is 12.1 Å². The van der Waals surface area contributed by atoms with Crippen molar-refractivity contribution in [2.45, 2.75) is 6.54 Å². The number of phenolic OH excluding ortho intramolecular Hbond substituents is 1. The molecule has 4 aromatic rings. The molecule has 0 atom stereocenters. The predicted octanol–water partition coefficient (Wildman–Crippen LogP) is 5.71. The summed E-state index contributed by atoms with van der Waals surface area (Å²) in [5.41, 5.74) is 0.931. The van der Waals surface area contributed by atoms with Crippen LogP contribution in [-0.4, -0.2) is 27.3 Å². The van der Waals surface area contributed by atoms with Crippen LogP contribution in [-0.2, 0) is 6.54 Å². The average molecular weight is 436 g/mol. The van der Waals surface area contributed by atoms with Gasteiger partial charge in [0.25, 0.3) is 5.91 Å². The highest BCUT2D eigenvalue weighted by Gasteiger charge is 2.17. The quantitative estimate of drug-likeness (QED) is 0.379. The maximum Gasteiger partial charge on any atom is 0.299 e. The van der Waals surface area contributed by atoms with Crippen molar-refractivity contribution in [3.05, 3.63) is 83.4 Å². The molecule has 2 N–H and O–H groups in total. The van der Waals surface area contributed by atoms with Gasteiger partial charge in [-0.25, -0.2) is 0 Å². The van der Waals surface area contributed by atoms with E-state index in [1.54, 1.807) is 53.1 Å². The largest absolute Gasteiger partial charge is 0.507 e. The van der Waals surface area contributed by atoms with E-state index in [9.17, 15) is 15.0 Å². The standard InChI is InChI=1S/C23H18ClN3O4/c24-15-9-11-16(12-10-15)31-14-13-27-19-7-3-1-5-17(19)21(23(27)30)25-26-22(29)18-6-2-4-8-20(18)28/h1-12,28,30H,13-14H2. The van der Waals surface area contributed by atoms with E-state index >= 15 is 0 Å². The monoisotopic (exact) mass is 435 g/mol. The third-order valence-corrected chi connectivity index (χ3v) is 4.94. The van der Waals surface area contributed by atoms with Gasteiger partial charge in [-0.1, -0.05) is 41.9 Å². The van der Waals surface area contributed by atoms with Crippen molar-refractivity contribution in [1.82, 2.24) is 4.57 Å². The molecule has 1 heterocycles. The number of fused-ring (bicyclic) bond motifs is 1. The van der Waals surface area contributed by atoms with Crippen molar-refractivity contribution < 1.29 is 19.7 Å². The molecule has 1 aromatic heterocycles. The Hall–Kier alpha value is -3.84. The maximum absolute atomic E-state index is 12.3. The van der Waals surface area contributed by atoms with Crippen LogP contribution in [0.25, 0.3) is 10.9 Å². The molecule has 0 bridgehead atoms. The Labute approximate surface area is 182 Å². The summed E-state index contributed by atoms with van der Waals surface area (Å²) >= 11 is 5.88. The minimum atomic E-state index is -0.708. The summed E-state index contributed by atoms with van der Waals surface area (Å²) in [6.45, 7) is 0.638. The van der Waals surface area contributed by atoms with E-state index in [0.717, 1.165) is 5.52 Å². The summed E-state index contributed by atoms with van der Waals surface area (Å²) in [7, 11) is 0. The lowest BCUT2D eigenvalue weighted by Gasteiger charge is -2.09. The highest BCUT2D eigenvalue weighted by molar-refractivity contribution is 6.30. The number of ether oxygens (including phenoxy) is 1. The fourth-order valence-corrected chi connectivity index (χ4v) is 3.31. The minimum absolute atomic E-state index is 0.0332. The number of carbonyl (C=O) groups is 1. The van der Waals surface area contributed by atoms with Crippen molar-refractivity contribution >= 4 is 34.1 Å². The molecular weight excluding hydrogens is 418 g/mol. The number of aromatic nitrogens is 1. The van der Waals surface area contributed by atoms with Gasteiger partial charge in [0.15, 0.2) is 5.69 Å². The number of phenols is 1. The van der Waals surface area contributed by atoms with Crippen LogP contribution in [0.1, 0.15) is 10.4 Å². The Morgan fingerprint density at radius 3 is 2.45 bits per heavy atom. The lowest BCUT2D eigenvalue weighted by Crippen LogP contribution is -2.07. The Kier molecular flexibility index (Phi) is 5.86. The minimum Gasteiger partial charge on any atom is -0.507 e. The van der Waals surface area contributed by atoms with Gasteiger partial charge in [-0.2, -0.15) is 0 Å². The summed E-state index contributed by atoms with van der Waals surface area (Å²) in [6.07, 6.45) is 0. The Morgan fingerprint density at radius 1 is 0.968 bits per heavy atom. The van der Waals surface area contributed by atoms with Crippen LogP contribution in [0.2, 0.25) is 5.02 Å². The average Bonchev–Trinajstić information content (AvgIpc) is 3.05. The normalized spacial score (nSPS) is 11.3. The van der Waals surface area contributed by atoms with Crippen LogP contribution in [0.15, 0.2) is 83.0 Å². The Balaban J connectivity index is 1.58. The van der Waals surface area contributed by atoms with Crippen molar-refractivity contribution in [3.8, 4) is 17.4 Å². The van der Waals surface area contributed by atoms with E-state index < -0.39 is 5.91 Å². The highest BCUT2D eigenvalue weighted by Crippen LogP contribution is 2.39. The first-order valence-corrected chi connectivity index (χ1v) is 9.85. The SMILES string of the molecule is O=C(N=Nc1c(O)n(CCOc2ccc(Cl)cc2)c2ccccc12)c1ccccc1O. The van der Waals surface area contributed by atoms with E-state index in [4.69, 9.17) is 16.3 Å². The molecule has 31 heavy (non-hydrogen) atoms. The van der Waals surface area contributed by atoms with Gasteiger partial charge in [0.1, 0.15) is 18.1 Å². The van der Waals surface area contributed by atoms with Crippen molar-refractivity contribution in [1.29, 1.82) is 0 Å². The Bertz CT molecular complexity index is 1270. The summed E-state index contributed by atoms with van der Waals surface area (Å²) in [4.78, 5) is 12.3. The van der Waals surface area contributed by atoms with Crippen LogP contribution < -0.4 is 4.74 Å². The zero-order valence-electron chi connectivity index (χ0n) is 16.3. The van der Waals surface area contributed by atoms with Gasteiger partial charge < -0.3 is 19.5 Å². The predicted molar refractivity (Wildman–Crippen MR) is 118 cm³/mol. The van der Waals surface area contributed by atoms with Gasteiger partial charge in [0, 0.05) is 10.4 Å².